The molecule has 0 radical (unpaired) electrons. The molecule has 0 bridgehead atoms. The molecule has 0 fully saturated rings. The molecule has 1 amide bonds. The molecule has 0 atom stereocenters. The van der Waals surface area contributed by atoms with Gasteiger partial charge in [-0.15, -0.1) is 0 Å². The number of nitrogens with zero attached hydrogens (tertiary/aromatic N) is 2. The largest absolute Gasteiger partial charge is 0.465 e. The molecule has 0 N–H and O–H groups in total. The van der Waals surface area contributed by atoms with Crippen LogP contribution in [0.15, 0.2) is 85.4 Å². The van der Waals surface area contributed by atoms with E-state index < -0.39 is 11.9 Å². The fourth-order valence-corrected chi connectivity index (χ4v) is 5.53. The third-order valence-corrected chi connectivity index (χ3v) is 6.99. The topological polar surface area (TPSA) is 85.3 Å². The molecule has 2 aromatic rings. The van der Waals surface area contributed by atoms with Gasteiger partial charge in [0.05, 0.1) is 29.7 Å². The molecule has 2 aliphatic heterocycles. The highest BCUT2D eigenvalue weighted by molar-refractivity contribution is 8.29. The fourth-order valence-electron chi connectivity index (χ4n) is 2.98. The van der Waals surface area contributed by atoms with E-state index in [9.17, 15) is 14.4 Å². The summed E-state index contributed by atoms with van der Waals surface area (Å²) in [6.07, 6.45) is 0. The molecule has 2 aliphatic rings. The van der Waals surface area contributed by atoms with Crippen molar-refractivity contribution in [3.05, 3.63) is 85.8 Å². The summed E-state index contributed by atoms with van der Waals surface area (Å²) in [4.78, 5) is 38.1. The number of amides is 1. The summed E-state index contributed by atoms with van der Waals surface area (Å²) in [6.45, 7) is 0. The molecule has 0 saturated carbocycles. The number of carbonyl (C=O) groups is 3. The third kappa shape index (κ3) is 3.89. The second-order valence-electron chi connectivity index (χ2n) is 6.28. The second kappa shape index (κ2) is 8.83. The van der Waals surface area contributed by atoms with Crippen molar-refractivity contribution >= 4 is 52.8 Å². The lowest BCUT2D eigenvalue weighted by Gasteiger charge is -2.11. The maximum Gasteiger partial charge on any atom is 0.346 e. The number of hydrogen-bond donors (Lipinski definition) is 0. The van der Waals surface area contributed by atoms with E-state index in [1.54, 1.807) is 12.1 Å². The SMILES string of the molecule is COC(=O)C1=C(C(=O)OC)SC(=C2C(=O)N(c3ccccc3)N=C2c2ccccc2)S1. The first-order chi connectivity index (χ1) is 15.0. The van der Waals surface area contributed by atoms with E-state index in [4.69, 9.17) is 9.47 Å². The van der Waals surface area contributed by atoms with E-state index in [0.29, 0.717) is 21.2 Å². The molecule has 156 valence electrons. The predicted octanol–water partition coefficient (Wildman–Crippen LogP) is 3.69. The first-order valence-electron chi connectivity index (χ1n) is 9.10. The maximum atomic E-state index is 13.4. The van der Waals surface area contributed by atoms with Gasteiger partial charge in [0, 0.05) is 5.56 Å². The zero-order valence-corrected chi connectivity index (χ0v) is 18.2. The van der Waals surface area contributed by atoms with Crippen molar-refractivity contribution in [1.82, 2.24) is 0 Å². The number of rotatable bonds is 4. The summed E-state index contributed by atoms with van der Waals surface area (Å²) in [5, 5.41) is 5.90. The summed E-state index contributed by atoms with van der Waals surface area (Å²) < 4.78 is 10.1. The van der Waals surface area contributed by atoms with Gasteiger partial charge in [0.15, 0.2) is 0 Å². The van der Waals surface area contributed by atoms with Gasteiger partial charge in [-0.3, -0.25) is 4.79 Å². The van der Waals surface area contributed by atoms with Gasteiger partial charge in [0.1, 0.15) is 15.5 Å². The van der Waals surface area contributed by atoms with Gasteiger partial charge < -0.3 is 9.47 Å². The standard InChI is InChI=1S/C22H16N2O5S2/c1-28-20(26)17-18(21(27)29-2)31-22(30-17)15-16(13-9-5-3-6-10-13)23-24(19(15)25)14-11-7-4-8-12-14/h3-12H,1-2H3. The number of hydrazone groups is 1. The van der Waals surface area contributed by atoms with Crippen LogP contribution in [-0.4, -0.2) is 37.8 Å². The molecule has 0 aliphatic carbocycles. The van der Waals surface area contributed by atoms with Crippen LogP contribution in [0.3, 0.4) is 0 Å². The summed E-state index contributed by atoms with van der Waals surface area (Å²) in [7, 11) is 2.46. The molecule has 4 rings (SSSR count). The average molecular weight is 453 g/mol. The van der Waals surface area contributed by atoms with Crippen molar-refractivity contribution < 1.29 is 23.9 Å². The Morgan fingerprint density at radius 2 is 1.35 bits per heavy atom. The quantitative estimate of drug-likeness (QED) is 0.517. The predicted molar refractivity (Wildman–Crippen MR) is 120 cm³/mol. The lowest BCUT2D eigenvalue weighted by atomic mass is 10.0. The van der Waals surface area contributed by atoms with E-state index in [1.165, 1.54) is 19.2 Å². The van der Waals surface area contributed by atoms with E-state index in [2.05, 4.69) is 5.10 Å². The van der Waals surface area contributed by atoms with E-state index in [-0.39, 0.29) is 15.7 Å². The minimum atomic E-state index is -0.669. The number of esters is 2. The summed E-state index contributed by atoms with van der Waals surface area (Å²) in [5.74, 6) is -1.69. The van der Waals surface area contributed by atoms with Crippen LogP contribution in [0.5, 0.6) is 0 Å². The van der Waals surface area contributed by atoms with E-state index in [0.717, 1.165) is 29.1 Å². The molecule has 2 aromatic carbocycles. The van der Waals surface area contributed by atoms with Crippen LogP contribution in [0.1, 0.15) is 5.56 Å². The van der Waals surface area contributed by atoms with Gasteiger partial charge in [-0.25, -0.2) is 9.59 Å². The third-order valence-electron chi connectivity index (χ3n) is 4.43. The van der Waals surface area contributed by atoms with Crippen LogP contribution >= 0.6 is 23.5 Å². The first-order valence-corrected chi connectivity index (χ1v) is 10.7. The van der Waals surface area contributed by atoms with Gasteiger partial charge in [-0.05, 0) is 12.1 Å². The molecule has 7 nitrogen and oxygen atoms in total. The molecule has 0 aromatic heterocycles. The molecule has 9 heteroatoms. The summed E-state index contributed by atoms with van der Waals surface area (Å²) in [6, 6.07) is 18.3. The van der Waals surface area contributed by atoms with Gasteiger partial charge in [0.25, 0.3) is 5.91 Å². The normalized spacial score (nSPS) is 16.0. The summed E-state index contributed by atoms with van der Waals surface area (Å²) in [5.41, 5.74) is 2.12. The zero-order valence-electron chi connectivity index (χ0n) is 16.5. The Morgan fingerprint density at radius 1 is 0.839 bits per heavy atom. The number of carbonyl (C=O) groups excluding carboxylic acids is 3. The molecule has 31 heavy (non-hydrogen) atoms. The highest BCUT2D eigenvalue weighted by atomic mass is 32.2. The number of anilines is 1. The van der Waals surface area contributed by atoms with E-state index >= 15 is 0 Å². The van der Waals surface area contributed by atoms with Gasteiger partial charge >= 0.3 is 11.9 Å². The number of ether oxygens (including phenoxy) is 2. The minimum Gasteiger partial charge on any atom is -0.465 e. The van der Waals surface area contributed by atoms with Crippen molar-refractivity contribution in [2.45, 2.75) is 0 Å². The zero-order chi connectivity index (χ0) is 22.0. The fraction of sp³-hybridized carbons (Fsp3) is 0.0909. The van der Waals surface area contributed by atoms with Crippen LogP contribution in [0, 0.1) is 0 Å². The van der Waals surface area contributed by atoms with Crippen molar-refractivity contribution in [2.24, 2.45) is 5.10 Å². The molecule has 0 unspecified atom stereocenters. The smallest absolute Gasteiger partial charge is 0.346 e. The second-order valence-corrected chi connectivity index (χ2v) is 8.57. The van der Waals surface area contributed by atoms with Crippen LogP contribution < -0.4 is 5.01 Å². The Balaban J connectivity index is 1.83. The number of para-hydroxylation sites is 1. The number of methoxy groups -OCH3 is 2. The van der Waals surface area contributed by atoms with Crippen LogP contribution in [0.25, 0.3) is 0 Å². The highest BCUT2D eigenvalue weighted by Gasteiger charge is 2.40. The highest BCUT2D eigenvalue weighted by Crippen LogP contribution is 2.52. The Hall–Kier alpha value is -3.30. The van der Waals surface area contributed by atoms with Crippen LogP contribution in [0.2, 0.25) is 0 Å². The number of hydrogen-bond acceptors (Lipinski definition) is 8. The Morgan fingerprint density at radius 3 is 1.87 bits per heavy atom. The Labute approximate surface area is 186 Å². The van der Waals surface area contributed by atoms with Gasteiger partial charge in [-0.2, -0.15) is 10.1 Å². The lowest BCUT2D eigenvalue weighted by molar-refractivity contribution is -0.138. The Bertz CT molecular complexity index is 1130. The average Bonchev–Trinajstić information content (AvgIpc) is 3.40. The first kappa shape index (κ1) is 21.0. The van der Waals surface area contributed by atoms with Crippen LogP contribution in [-0.2, 0) is 23.9 Å². The van der Waals surface area contributed by atoms with Gasteiger partial charge in [0.2, 0.25) is 0 Å². The Kier molecular flexibility index (Phi) is 5.97. The molecule has 2 heterocycles. The molecule has 0 saturated heterocycles. The van der Waals surface area contributed by atoms with Crippen molar-refractivity contribution in [2.75, 3.05) is 19.2 Å². The maximum absolute atomic E-state index is 13.4. The number of thioether (sulfide) groups is 2. The number of benzene rings is 2. The molecular formula is C22H16N2O5S2. The van der Waals surface area contributed by atoms with E-state index in [1.807, 2.05) is 48.5 Å². The monoisotopic (exact) mass is 452 g/mol. The van der Waals surface area contributed by atoms with Crippen molar-refractivity contribution in [1.29, 1.82) is 0 Å². The lowest BCUT2D eigenvalue weighted by Crippen LogP contribution is -2.21. The van der Waals surface area contributed by atoms with Gasteiger partial charge in [-0.1, -0.05) is 72.1 Å². The summed E-state index contributed by atoms with van der Waals surface area (Å²) >= 11 is 2.02. The minimum absolute atomic E-state index is 0.0835. The van der Waals surface area contributed by atoms with Crippen molar-refractivity contribution in [3.8, 4) is 0 Å². The van der Waals surface area contributed by atoms with Crippen molar-refractivity contribution in [3.63, 3.8) is 0 Å². The van der Waals surface area contributed by atoms with Crippen LogP contribution in [0.4, 0.5) is 5.69 Å². The molecular weight excluding hydrogens is 436 g/mol. The molecule has 0 spiro atoms.